The van der Waals surface area contributed by atoms with Gasteiger partial charge in [-0.3, -0.25) is 4.68 Å². The normalized spacial score (nSPS) is 21.8. The summed E-state index contributed by atoms with van der Waals surface area (Å²) in [6.45, 7) is 7.50. The topological polar surface area (TPSA) is 102 Å². The van der Waals surface area contributed by atoms with E-state index in [2.05, 4.69) is 10.00 Å². The van der Waals surface area contributed by atoms with Gasteiger partial charge in [-0.2, -0.15) is 9.40 Å². The van der Waals surface area contributed by atoms with E-state index < -0.39 is 19.9 Å². The Morgan fingerprint density at radius 1 is 1.09 bits per heavy atom. The van der Waals surface area contributed by atoms with Crippen molar-refractivity contribution in [2.45, 2.75) is 38.1 Å². The maximum atomic E-state index is 13.3. The fourth-order valence-electron chi connectivity index (χ4n) is 4.71. The van der Waals surface area contributed by atoms with Gasteiger partial charge in [-0.15, -0.1) is 0 Å². The molecule has 0 amide bonds. The lowest BCUT2D eigenvalue weighted by Crippen LogP contribution is -2.49. The first-order chi connectivity index (χ1) is 15.0. The molecule has 2 saturated heterocycles. The molecule has 0 aliphatic carbocycles. The van der Waals surface area contributed by atoms with Crippen LogP contribution in [0.4, 0.5) is 5.69 Å². The average molecular weight is 483 g/mol. The Morgan fingerprint density at radius 2 is 1.78 bits per heavy atom. The van der Waals surface area contributed by atoms with Crippen molar-refractivity contribution in [2.75, 3.05) is 49.7 Å². The molecule has 176 valence electrons. The number of nitrogens with zero attached hydrogens (tertiary/aromatic N) is 4. The molecule has 1 aromatic heterocycles. The number of hydrogen-bond donors (Lipinski definition) is 0. The van der Waals surface area contributed by atoms with Gasteiger partial charge in [0.2, 0.25) is 10.0 Å². The quantitative estimate of drug-likeness (QED) is 0.639. The van der Waals surface area contributed by atoms with Gasteiger partial charge in [0.15, 0.2) is 9.84 Å². The van der Waals surface area contributed by atoms with Gasteiger partial charge in [0.1, 0.15) is 10.6 Å². The molecule has 1 unspecified atom stereocenters. The van der Waals surface area contributed by atoms with Crippen LogP contribution in [0, 0.1) is 20.8 Å². The number of benzene rings is 1. The van der Waals surface area contributed by atoms with E-state index in [0.29, 0.717) is 38.3 Å². The predicted molar refractivity (Wildman–Crippen MR) is 123 cm³/mol. The zero-order valence-electron chi connectivity index (χ0n) is 18.9. The minimum atomic E-state index is -3.68. The minimum absolute atomic E-state index is 0.124. The van der Waals surface area contributed by atoms with E-state index in [1.807, 2.05) is 31.5 Å². The van der Waals surface area contributed by atoms with Crippen LogP contribution in [0.15, 0.2) is 23.1 Å². The van der Waals surface area contributed by atoms with Crippen molar-refractivity contribution in [2.24, 2.45) is 0 Å². The number of methoxy groups -OCH3 is 1. The number of ether oxygens (including phenoxy) is 1. The Bertz CT molecular complexity index is 1230. The fourth-order valence-corrected chi connectivity index (χ4v) is 8.07. The number of aromatic nitrogens is 2. The first kappa shape index (κ1) is 23.1. The second-order valence-electron chi connectivity index (χ2n) is 8.57. The molecule has 9 nitrogen and oxygen atoms in total. The van der Waals surface area contributed by atoms with Crippen molar-refractivity contribution in [1.82, 2.24) is 14.1 Å². The van der Waals surface area contributed by atoms with Gasteiger partial charge < -0.3 is 9.64 Å². The van der Waals surface area contributed by atoms with Gasteiger partial charge in [-0.05, 0) is 44.9 Å². The molecule has 0 radical (unpaired) electrons. The van der Waals surface area contributed by atoms with Crippen molar-refractivity contribution in [3.05, 3.63) is 35.2 Å². The third kappa shape index (κ3) is 4.13. The SMILES string of the molecule is COc1ccc(C)cc1S(=O)(=O)N1CCN(c2c(C)nn(C3CCS(=O)(=O)C3)c2C)CC1. The summed E-state index contributed by atoms with van der Waals surface area (Å²) in [7, 11) is -5.21. The molecule has 4 rings (SSSR count). The summed E-state index contributed by atoms with van der Waals surface area (Å²) >= 11 is 0. The van der Waals surface area contributed by atoms with Crippen molar-refractivity contribution in [3.63, 3.8) is 0 Å². The molecular weight excluding hydrogens is 452 g/mol. The maximum absolute atomic E-state index is 13.3. The first-order valence-electron chi connectivity index (χ1n) is 10.7. The number of hydrogen-bond acceptors (Lipinski definition) is 7. The molecule has 0 saturated carbocycles. The number of rotatable bonds is 5. The van der Waals surface area contributed by atoms with Crippen LogP contribution in [0.5, 0.6) is 5.75 Å². The molecule has 3 heterocycles. The van der Waals surface area contributed by atoms with Crippen LogP contribution in [0.2, 0.25) is 0 Å². The summed E-state index contributed by atoms with van der Waals surface area (Å²) in [5.41, 5.74) is 3.60. The first-order valence-corrected chi connectivity index (χ1v) is 14.0. The highest BCUT2D eigenvalue weighted by Crippen LogP contribution is 2.33. The van der Waals surface area contributed by atoms with Crippen LogP contribution in [0.1, 0.15) is 29.4 Å². The summed E-state index contributed by atoms with van der Waals surface area (Å²) in [6, 6.07) is 5.02. The van der Waals surface area contributed by atoms with E-state index in [1.165, 1.54) is 11.4 Å². The van der Waals surface area contributed by atoms with E-state index in [0.717, 1.165) is 22.6 Å². The third-order valence-electron chi connectivity index (χ3n) is 6.33. The molecule has 1 aromatic carbocycles. The lowest BCUT2D eigenvalue weighted by molar-refractivity contribution is 0.374. The van der Waals surface area contributed by atoms with Crippen molar-refractivity contribution in [1.29, 1.82) is 0 Å². The van der Waals surface area contributed by atoms with Gasteiger partial charge in [-0.25, -0.2) is 16.8 Å². The van der Waals surface area contributed by atoms with Gasteiger partial charge >= 0.3 is 0 Å². The second kappa shape index (κ2) is 8.35. The fraction of sp³-hybridized carbons (Fsp3) is 0.571. The Balaban J connectivity index is 1.53. The highest BCUT2D eigenvalue weighted by molar-refractivity contribution is 7.91. The monoisotopic (exact) mass is 482 g/mol. The van der Waals surface area contributed by atoms with E-state index in [4.69, 9.17) is 4.74 Å². The Hall–Kier alpha value is -2.11. The zero-order chi connectivity index (χ0) is 23.3. The van der Waals surface area contributed by atoms with Crippen LogP contribution in [-0.4, -0.2) is 75.7 Å². The maximum Gasteiger partial charge on any atom is 0.246 e. The predicted octanol–water partition coefficient (Wildman–Crippen LogP) is 1.69. The molecule has 1 atom stereocenters. The van der Waals surface area contributed by atoms with Crippen LogP contribution in [0.25, 0.3) is 0 Å². The summed E-state index contributed by atoms with van der Waals surface area (Å²) in [6.07, 6.45) is 0.577. The average Bonchev–Trinajstić information content (AvgIpc) is 3.26. The molecule has 2 fully saturated rings. The number of sulfonamides is 1. The lowest BCUT2D eigenvalue weighted by atomic mass is 10.2. The number of piperazine rings is 1. The van der Waals surface area contributed by atoms with Crippen LogP contribution in [0.3, 0.4) is 0 Å². The summed E-state index contributed by atoms with van der Waals surface area (Å²) in [4.78, 5) is 2.34. The van der Waals surface area contributed by atoms with Gasteiger partial charge in [0.05, 0.1) is 41.7 Å². The summed E-state index contributed by atoms with van der Waals surface area (Å²) < 4.78 is 59.0. The highest BCUT2D eigenvalue weighted by atomic mass is 32.2. The summed E-state index contributed by atoms with van der Waals surface area (Å²) in [5, 5.41) is 4.64. The Kier molecular flexibility index (Phi) is 6.01. The molecule has 0 bridgehead atoms. The summed E-state index contributed by atoms with van der Waals surface area (Å²) in [5.74, 6) is 0.667. The molecule has 0 N–H and O–H groups in total. The molecule has 2 aliphatic heterocycles. The lowest BCUT2D eigenvalue weighted by Gasteiger charge is -2.35. The molecule has 2 aromatic rings. The van der Waals surface area contributed by atoms with Gasteiger partial charge in [-0.1, -0.05) is 6.07 Å². The largest absolute Gasteiger partial charge is 0.495 e. The van der Waals surface area contributed by atoms with Crippen LogP contribution < -0.4 is 9.64 Å². The Labute approximate surface area is 189 Å². The molecule has 11 heteroatoms. The number of sulfone groups is 1. The third-order valence-corrected chi connectivity index (χ3v) is 10.0. The van der Waals surface area contributed by atoms with Crippen molar-refractivity contribution >= 4 is 25.5 Å². The van der Waals surface area contributed by atoms with E-state index in [1.54, 1.807) is 12.1 Å². The molecule has 2 aliphatic rings. The number of anilines is 1. The smallest absolute Gasteiger partial charge is 0.246 e. The van der Waals surface area contributed by atoms with E-state index in [-0.39, 0.29) is 22.4 Å². The number of aryl methyl sites for hydroxylation is 2. The van der Waals surface area contributed by atoms with Gasteiger partial charge in [0, 0.05) is 26.2 Å². The van der Waals surface area contributed by atoms with Gasteiger partial charge in [0.25, 0.3) is 0 Å². The molecule has 32 heavy (non-hydrogen) atoms. The Morgan fingerprint density at radius 3 is 2.38 bits per heavy atom. The second-order valence-corrected chi connectivity index (χ2v) is 12.7. The molecule has 0 spiro atoms. The van der Waals surface area contributed by atoms with Crippen molar-refractivity contribution in [3.8, 4) is 5.75 Å². The van der Waals surface area contributed by atoms with Crippen LogP contribution in [-0.2, 0) is 19.9 Å². The minimum Gasteiger partial charge on any atom is -0.495 e. The van der Waals surface area contributed by atoms with Crippen molar-refractivity contribution < 1.29 is 21.6 Å². The van der Waals surface area contributed by atoms with E-state index in [9.17, 15) is 16.8 Å². The van der Waals surface area contributed by atoms with E-state index >= 15 is 0 Å². The zero-order valence-corrected chi connectivity index (χ0v) is 20.5. The van der Waals surface area contributed by atoms with Crippen LogP contribution >= 0.6 is 0 Å². The standard InChI is InChI=1S/C21H30N4O5S2/c1-15-5-6-19(30-4)20(13-15)32(28,29)24-10-8-23(9-11-24)21-16(2)22-25(17(21)3)18-7-12-31(26,27)14-18/h5-6,13,18H,7-12,14H2,1-4H3. The molecular formula is C21H30N4O5S2. The highest BCUT2D eigenvalue weighted by Gasteiger charge is 2.35.